The monoisotopic (exact) mass is 294 g/mol. The summed E-state index contributed by atoms with van der Waals surface area (Å²) in [6.45, 7) is 4.89. The van der Waals surface area contributed by atoms with Crippen molar-refractivity contribution in [3.8, 4) is 0 Å². The standard InChI is InChI=1S/C18H18N2O2/c1-3-22-18(21)15-9-10-16-17(11-15)20(13(2)19-16)12-14-7-5-4-6-8-14/h4-11H,3,12H2,1-2H3. The highest BCUT2D eigenvalue weighted by molar-refractivity contribution is 5.93. The number of carbonyl (C=O) groups is 1. The van der Waals surface area contributed by atoms with Gasteiger partial charge in [0.15, 0.2) is 0 Å². The lowest BCUT2D eigenvalue weighted by molar-refractivity contribution is 0.0526. The van der Waals surface area contributed by atoms with Gasteiger partial charge in [0.2, 0.25) is 0 Å². The Kier molecular flexibility index (Phi) is 3.92. The molecule has 0 amide bonds. The average Bonchev–Trinajstić information content (AvgIpc) is 2.84. The zero-order valence-corrected chi connectivity index (χ0v) is 12.7. The molecule has 0 N–H and O–H groups in total. The summed E-state index contributed by atoms with van der Waals surface area (Å²) in [6, 6.07) is 15.7. The van der Waals surface area contributed by atoms with Crippen molar-refractivity contribution in [1.29, 1.82) is 0 Å². The highest BCUT2D eigenvalue weighted by Gasteiger charge is 2.12. The second kappa shape index (κ2) is 6.02. The molecule has 2 aromatic carbocycles. The summed E-state index contributed by atoms with van der Waals surface area (Å²) < 4.78 is 7.19. The predicted octanol–water partition coefficient (Wildman–Crippen LogP) is 3.57. The zero-order valence-electron chi connectivity index (χ0n) is 12.7. The van der Waals surface area contributed by atoms with Crippen molar-refractivity contribution in [3.05, 3.63) is 65.5 Å². The molecule has 0 aliphatic rings. The fraction of sp³-hybridized carbons (Fsp3) is 0.222. The number of aromatic nitrogens is 2. The van der Waals surface area contributed by atoms with E-state index >= 15 is 0 Å². The minimum Gasteiger partial charge on any atom is -0.462 e. The number of esters is 1. The lowest BCUT2D eigenvalue weighted by Gasteiger charge is -2.08. The molecule has 0 radical (unpaired) electrons. The summed E-state index contributed by atoms with van der Waals surface area (Å²) >= 11 is 0. The average molecular weight is 294 g/mol. The Hall–Kier alpha value is -2.62. The summed E-state index contributed by atoms with van der Waals surface area (Å²) in [4.78, 5) is 16.5. The molecule has 0 saturated carbocycles. The lowest BCUT2D eigenvalue weighted by Crippen LogP contribution is -2.06. The zero-order chi connectivity index (χ0) is 15.5. The van der Waals surface area contributed by atoms with E-state index in [0.29, 0.717) is 12.2 Å². The largest absolute Gasteiger partial charge is 0.462 e. The van der Waals surface area contributed by atoms with Gasteiger partial charge in [-0.15, -0.1) is 0 Å². The summed E-state index contributed by atoms with van der Waals surface area (Å²) in [5.74, 6) is 0.634. The smallest absolute Gasteiger partial charge is 0.338 e. The van der Waals surface area contributed by atoms with Gasteiger partial charge >= 0.3 is 5.97 Å². The van der Waals surface area contributed by atoms with Crippen molar-refractivity contribution in [1.82, 2.24) is 9.55 Å². The van der Waals surface area contributed by atoms with Crippen molar-refractivity contribution >= 4 is 17.0 Å². The SMILES string of the molecule is CCOC(=O)c1ccc2nc(C)n(Cc3ccccc3)c2c1. The Bertz CT molecular complexity index is 807. The minimum atomic E-state index is -0.297. The number of aryl methyl sites for hydroxylation is 1. The number of rotatable bonds is 4. The molecule has 4 nitrogen and oxygen atoms in total. The molecule has 3 aromatic rings. The van der Waals surface area contributed by atoms with Crippen LogP contribution in [0.2, 0.25) is 0 Å². The van der Waals surface area contributed by atoms with Crippen LogP contribution < -0.4 is 0 Å². The summed E-state index contributed by atoms with van der Waals surface area (Å²) in [5.41, 5.74) is 3.60. The quantitative estimate of drug-likeness (QED) is 0.691. The molecule has 0 fully saturated rings. The summed E-state index contributed by atoms with van der Waals surface area (Å²) in [7, 11) is 0. The van der Waals surface area contributed by atoms with Crippen molar-refractivity contribution in [2.24, 2.45) is 0 Å². The number of ether oxygens (including phenoxy) is 1. The van der Waals surface area contributed by atoms with Gasteiger partial charge in [0.05, 0.1) is 23.2 Å². The van der Waals surface area contributed by atoms with Crippen LogP contribution in [0, 0.1) is 6.92 Å². The van der Waals surface area contributed by atoms with Crippen LogP contribution in [0.25, 0.3) is 11.0 Å². The Morgan fingerprint density at radius 1 is 1.18 bits per heavy atom. The summed E-state index contributed by atoms with van der Waals surface area (Å²) in [6.07, 6.45) is 0. The van der Waals surface area contributed by atoms with E-state index in [-0.39, 0.29) is 5.97 Å². The Morgan fingerprint density at radius 2 is 1.95 bits per heavy atom. The Balaban J connectivity index is 2.03. The van der Waals surface area contributed by atoms with E-state index in [0.717, 1.165) is 23.4 Å². The first kappa shape index (κ1) is 14.3. The number of fused-ring (bicyclic) bond motifs is 1. The number of imidazole rings is 1. The van der Waals surface area contributed by atoms with Crippen LogP contribution in [-0.2, 0) is 11.3 Å². The molecular weight excluding hydrogens is 276 g/mol. The number of benzene rings is 2. The van der Waals surface area contributed by atoms with Crippen LogP contribution in [0.1, 0.15) is 28.7 Å². The first-order chi connectivity index (χ1) is 10.7. The minimum absolute atomic E-state index is 0.297. The molecule has 112 valence electrons. The van der Waals surface area contributed by atoms with E-state index in [1.807, 2.05) is 37.3 Å². The topological polar surface area (TPSA) is 44.1 Å². The molecule has 0 spiro atoms. The molecule has 1 aromatic heterocycles. The first-order valence-electron chi connectivity index (χ1n) is 7.37. The number of hydrogen-bond donors (Lipinski definition) is 0. The molecule has 4 heteroatoms. The third kappa shape index (κ3) is 2.72. The molecular formula is C18H18N2O2. The highest BCUT2D eigenvalue weighted by Crippen LogP contribution is 2.20. The molecule has 3 rings (SSSR count). The number of carbonyl (C=O) groups excluding carboxylic acids is 1. The van der Waals surface area contributed by atoms with Crippen LogP contribution in [-0.4, -0.2) is 22.1 Å². The Morgan fingerprint density at radius 3 is 2.68 bits per heavy atom. The molecule has 0 aliphatic carbocycles. The van der Waals surface area contributed by atoms with Crippen LogP contribution in [0.5, 0.6) is 0 Å². The highest BCUT2D eigenvalue weighted by atomic mass is 16.5. The molecule has 0 aliphatic heterocycles. The van der Waals surface area contributed by atoms with Gasteiger partial charge in [-0.2, -0.15) is 0 Å². The van der Waals surface area contributed by atoms with Gasteiger partial charge in [0, 0.05) is 6.54 Å². The maximum absolute atomic E-state index is 11.9. The van der Waals surface area contributed by atoms with Crippen molar-refractivity contribution in [2.45, 2.75) is 20.4 Å². The maximum Gasteiger partial charge on any atom is 0.338 e. The molecule has 0 atom stereocenters. The third-order valence-corrected chi connectivity index (χ3v) is 3.63. The van der Waals surface area contributed by atoms with E-state index in [1.54, 1.807) is 13.0 Å². The second-order valence-electron chi connectivity index (χ2n) is 5.15. The molecule has 0 unspecified atom stereocenters. The first-order valence-corrected chi connectivity index (χ1v) is 7.37. The molecule has 22 heavy (non-hydrogen) atoms. The van der Waals surface area contributed by atoms with E-state index in [4.69, 9.17) is 4.74 Å². The maximum atomic E-state index is 11.9. The third-order valence-electron chi connectivity index (χ3n) is 3.63. The fourth-order valence-corrected chi connectivity index (χ4v) is 2.55. The van der Waals surface area contributed by atoms with E-state index in [1.165, 1.54) is 5.56 Å². The van der Waals surface area contributed by atoms with Crippen LogP contribution >= 0.6 is 0 Å². The van der Waals surface area contributed by atoms with Gasteiger partial charge in [-0.3, -0.25) is 0 Å². The van der Waals surface area contributed by atoms with Gasteiger partial charge in [-0.1, -0.05) is 30.3 Å². The Labute approximate surface area is 129 Å². The van der Waals surface area contributed by atoms with E-state index in [9.17, 15) is 4.79 Å². The number of nitrogens with zero attached hydrogens (tertiary/aromatic N) is 2. The van der Waals surface area contributed by atoms with Gasteiger partial charge in [-0.25, -0.2) is 9.78 Å². The van der Waals surface area contributed by atoms with Crippen LogP contribution in [0.3, 0.4) is 0 Å². The van der Waals surface area contributed by atoms with Crippen LogP contribution in [0.15, 0.2) is 48.5 Å². The van der Waals surface area contributed by atoms with Crippen molar-refractivity contribution in [2.75, 3.05) is 6.61 Å². The lowest BCUT2D eigenvalue weighted by atomic mass is 10.2. The van der Waals surface area contributed by atoms with E-state index < -0.39 is 0 Å². The normalized spacial score (nSPS) is 10.8. The van der Waals surface area contributed by atoms with Crippen molar-refractivity contribution in [3.63, 3.8) is 0 Å². The molecule has 0 bridgehead atoms. The van der Waals surface area contributed by atoms with Gasteiger partial charge < -0.3 is 9.30 Å². The van der Waals surface area contributed by atoms with Gasteiger partial charge in [-0.05, 0) is 37.6 Å². The van der Waals surface area contributed by atoms with Crippen molar-refractivity contribution < 1.29 is 9.53 Å². The summed E-state index contributed by atoms with van der Waals surface area (Å²) in [5, 5.41) is 0. The van der Waals surface area contributed by atoms with Gasteiger partial charge in [0.1, 0.15) is 5.82 Å². The predicted molar refractivity (Wildman–Crippen MR) is 86.0 cm³/mol. The molecule has 0 saturated heterocycles. The number of hydrogen-bond acceptors (Lipinski definition) is 3. The van der Waals surface area contributed by atoms with Crippen LogP contribution in [0.4, 0.5) is 0 Å². The molecule has 1 heterocycles. The second-order valence-corrected chi connectivity index (χ2v) is 5.15. The van der Waals surface area contributed by atoms with E-state index in [2.05, 4.69) is 21.7 Å². The van der Waals surface area contributed by atoms with Gasteiger partial charge in [0.25, 0.3) is 0 Å². The fourth-order valence-electron chi connectivity index (χ4n) is 2.55.